The smallest absolute Gasteiger partial charge is 0.293 e. The maximum Gasteiger partial charge on any atom is 0.293 e. The van der Waals surface area contributed by atoms with Crippen LogP contribution in [0.2, 0.25) is 0 Å². The zero-order valence-electron chi connectivity index (χ0n) is 15.4. The van der Waals surface area contributed by atoms with Crippen LogP contribution in [0.25, 0.3) is 6.08 Å². The Labute approximate surface area is 178 Å². The fraction of sp³-hybridized carbons (Fsp3) is 0.158. The number of imide groups is 1. The van der Waals surface area contributed by atoms with Crippen molar-refractivity contribution in [2.75, 3.05) is 14.2 Å². The third-order valence-electron chi connectivity index (χ3n) is 4.09. The monoisotopic (exact) mass is 478 g/mol. The Hall–Kier alpha value is -2.85. The fourth-order valence-corrected chi connectivity index (χ4v) is 4.08. The van der Waals surface area contributed by atoms with Crippen molar-refractivity contribution >= 4 is 50.6 Å². The van der Waals surface area contributed by atoms with E-state index in [0.29, 0.717) is 22.6 Å². The molecule has 2 aromatic rings. The summed E-state index contributed by atoms with van der Waals surface area (Å²) in [5, 5.41) is 10.5. The molecule has 1 saturated heterocycles. The van der Waals surface area contributed by atoms with Crippen LogP contribution in [0.1, 0.15) is 11.1 Å². The van der Waals surface area contributed by atoms with Crippen LogP contribution < -0.4 is 9.47 Å². The largest absolute Gasteiger partial charge is 0.493 e. The number of hydrogen-bond donors (Lipinski definition) is 0. The Morgan fingerprint density at radius 2 is 1.97 bits per heavy atom. The summed E-state index contributed by atoms with van der Waals surface area (Å²) in [5.41, 5.74) is 0.958. The number of benzene rings is 2. The lowest BCUT2D eigenvalue weighted by molar-refractivity contribution is -0.384. The van der Waals surface area contributed by atoms with Crippen LogP contribution in [0.4, 0.5) is 10.5 Å². The molecule has 0 aromatic heterocycles. The average Bonchev–Trinajstić information content (AvgIpc) is 2.95. The highest BCUT2D eigenvalue weighted by Gasteiger charge is 2.35. The first-order chi connectivity index (χ1) is 13.8. The Morgan fingerprint density at radius 3 is 2.62 bits per heavy atom. The number of nitro benzene ring substituents is 1. The summed E-state index contributed by atoms with van der Waals surface area (Å²) in [4.78, 5) is 36.8. The van der Waals surface area contributed by atoms with Gasteiger partial charge in [-0.25, -0.2) is 0 Å². The quantitative estimate of drug-likeness (QED) is 0.339. The Morgan fingerprint density at radius 1 is 1.21 bits per heavy atom. The van der Waals surface area contributed by atoms with E-state index in [-0.39, 0.29) is 17.1 Å². The molecule has 0 aliphatic carbocycles. The van der Waals surface area contributed by atoms with Crippen LogP contribution in [0, 0.1) is 10.1 Å². The van der Waals surface area contributed by atoms with E-state index < -0.39 is 16.1 Å². The van der Waals surface area contributed by atoms with Gasteiger partial charge in [0.2, 0.25) is 0 Å². The van der Waals surface area contributed by atoms with Gasteiger partial charge < -0.3 is 9.47 Å². The Kier molecular flexibility index (Phi) is 6.23. The second-order valence-corrected chi connectivity index (χ2v) is 7.83. The number of halogens is 1. The van der Waals surface area contributed by atoms with Crippen LogP contribution in [0.5, 0.6) is 11.5 Å². The number of nitro groups is 1. The minimum absolute atomic E-state index is 0.0529. The SMILES string of the molecule is COc1cc(Br)cc(C=C2SC(=O)N(Cc3cccc([N+](=O)[O-])c3)C2=O)c1OC. The zero-order valence-corrected chi connectivity index (χ0v) is 17.8. The fourth-order valence-electron chi connectivity index (χ4n) is 2.79. The number of nitrogens with zero attached hydrogens (tertiary/aromatic N) is 2. The summed E-state index contributed by atoms with van der Waals surface area (Å²) in [7, 11) is 2.98. The second-order valence-electron chi connectivity index (χ2n) is 5.93. The highest BCUT2D eigenvalue weighted by molar-refractivity contribution is 9.10. The first kappa shape index (κ1) is 20.9. The number of thioether (sulfide) groups is 1. The van der Waals surface area contributed by atoms with Crippen molar-refractivity contribution in [2.45, 2.75) is 6.54 Å². The van der Waals surface area contributed by atoms with Crippen LogP contribution in [0.3, 0.4) is 0 Å². The summed E-state index contributed by atoms with van der Waals surface area (Å²) >= 11 is 4.18. The van der Waals surface area contributed by atoms with E-state index in [1.165, 1.54) is 32.4 Å². The van der Waals surface area contributed by atoms with E-state index in [9.17, 15) is 19.7 Å². The molecule has 0 saturated carbocycles. The molecule has 0 radical (unpaired) electrons. The van der Waals surface area contributed by atoms with Crippen molar-refractivity contribution in [3.05, 3.63) is 67.0 Å². The number of amides is 2. The van der Waals surface area contributed by atoms with Crippen molar-refractivity contribution in [2.24, 2.45) is 0 Å². The number of carbonyl (C=O) groups is 2. The standard InChI is InChI=1S/C19H15BrN2O6S/c1-27-15-9-13(20)7-12(17(15)28-2)8-16-18(23)21(19(24)29-16)10-11-4-3-5-14(6-11)22(25)26/h3-9H,10H2,1-2H3. The number of carbonyl (C=O) groups excluding carboxylic acids is 2. The van der Waals surface area contributed by atoms with E-state index in [2.05, 4.69) is 15.9 Å². The van der Waals surface area contributed by atoms with Gasteiger partial charge in [0.05, 0.1) is 30.6 Å². The molecule has 0 unspecified atom stereocenters. The summed E-state index contributed by atoms with van der Waals surface area (Å²) < 4.78 is 11.4. The van der Waals surface area contributed by atoms with Crippen molar-refractivity contribution in [3.63, 3.8) is 0 Å². The minimum Gasteiger partial charge on any atom is -0.493 e. The van der Waals surface area contributed by atoms with Crippen LogP contribution in [-0.4, -0.2) is 35.2 Å². The molecular weight excluding hydrogens is 464 g/mol. The van der Waals surface area contributed by atoms with Crippen molar-refractivity contribution in [1.29, 1.82) is 0 Å². The molecule has 8 nitrogen and oxygen atoms in total. The van der Waals surface area contributed by atoms with Gasteiger partial charge in [0, 0.05) is 22.2 Å². The summed E-state index contributed by atoms with van der Waals surface area (Å²) in [6.45, 7) is -0.0529. The van der Waals surface area contributed by atoms with E-state index in [4.69, 9.17) is 9.47 Å². The van der Waals surface area contributed by atoms with Gasteiger partial charge in [0.1, 0.15) is 0 Å². The lowest BCUT2D eigenvalue weighted by atomic mass is 10.1. The molecule has 1 aliphatic heterocycles. The molecule has 3 rings (SSSR count). The molecule has 1 aliphatic rings. The number of hydrogen-bond acceptors (Lipinski definition) is 7. The Bertz CT molecular complexity index is 1040. The maximum absolute atomic E-state index is 12.8. The molecule has 2 aromatic carbocycles. The molecule has 1 heterocycles. The maximum atomic E-state index is 12.8. The molecule has 29 heavy (non-hydrogen) atoms. The molecule has 0 spiro atoms. The molecule has 0 bridgehead atoms. The topological polar surface area (TPSA) is 99.0 Å². The normalized spacial score (nSPS) is 15.1. The molecule has 10 heteroatoms. The molecule has 0 atom stereocenters. The first-order valence-corrected chi connectivity index (χ1v) is 9.85. The van der Waals surface area contributed by atoms with E-state index in [1.54, 1.807) is 24.3 Å². The predicted octanol–water partition coefficient (Wildman–Crippen LogP) is 4.61. The van der Waals surface area contributed by atoms with Gasteiger partial charge in [-0.2, -0.15) is 0 Å². The summed E-state index contributed by atoms with van der Waals surface area (Å²) in [6.07, 6.45) is 1.56. The van der Waals surface area contributed by atoms with Gasteiger partial charge in [0.15, 0.2) is 11.5 Å². The number of non-ortho nitro benzene ring substituents is 1. The molecule has 150 valence electrons. The molecule has 2 amide bonds. The van der Waals surface area contributed by atoms with Crippen LogP contribution in [0.15, 0.2) is 45.8 Å². The van der Waals surface area contributed by atoms with E-state index >= 15 is 0 Å². The highest BCUT2D eigenvalue weighted by atomic mass is 79.9. The van der Waals surface area contributed by atoms with E-state index in [1.807, 2.05) is 0 Å². The minimum atomic E-state index is -0.524. The number of rotatable bonds is 6. The summed E-state index contributed by atoms with van der Waals surface area (Å²) in [6, 6.07) is 9.31. The van der Waals surface area contributed by atoms with Gasteiger partial charge in [-0.1, -0.05) is 28.1 Å². The Balaban J connectivity index is 1.90. The van der Waals surface area contributed by atoms with Crippen LogP contribution in [-0.2, 0) is 11.3 Å². The lowest BCUT2D eigenvalue weighted by Gasteiger charge is -2.13. The van der Waals surface area contributed by atoms with Gasteiger partial charge in [0.25, 0.3) is 16.8 Å². The van der Waals surface area contributed by atoms with Crippen molar-refractivity contribution in [3.8, 4) is 11.5 Å². The molecule has 0 N–H and O–H groups in total. The van der Waals surface area contributed by atoms with Crippen LogP contribution >= 0.6 is 27.7 Å². The summed E-state index contributed by atoms with van der Waals surface area (Å²) in [5.74, 6) is 0.428. The average molecular weight is 479 g/mol. The zero-order chi connectivity index (χ0) is 21.1. The van der Waals surface area contributed by atoms with Gasteiger partial charge in [-0.05, 0) is 35.5 Å². The number of methoxy groups -OCH3 is 2. The van der Waals surface area contributed by atoms with Gasteiger partial charge in [-0.3, -0.25) is 24.6 Å². The van der Waals surface area contributed by atoms with Crippen molar-refractivity contribution < 1.29 is 24.0 Å². The molecule has 1 fully saturated rings. The molecular formula is C19H15BrN2O6S. The third-order valence-corrected chi connectivity index (χ3v) is 5.46. The van der Waals surface area contributed by atoms with Gasteiger partial charge >= 0.3 is 0 Å². The second kappa shape index (κ2) is 8.66. The predicted molar refractivity (Wildman–Crippen MR) is 112 cm³/mol. The van der Waals surface area contributed by atoms with Crippen molar-refractivity contribution in [1.82, 2.24) is 4.90 Å². The number of ether oxygens (including phenoxy) is 2. The third kappa shape index (κ3) is 4.43. The highest BCUT2D eigenvalue weighted by Crippen LogP contribution is 2.39. The first-order valence-electron chi connectivity index (χ1n) is 8.24. The van der Waals surface area contributed by atoms with Gasteiger partial charge in [-0.15, -0.1) is 0 Å². The lowest BCUT2D eigenvalue weighted by Crippen LogP contribution is -2.27. The van der Waals surface area contributed by atoms with E-state index in [0.717, 1.165) is 21.1 Å².